The molecule has 0 saturated carbocycles. The van der Waals surface area contributed by atoms with Crippen LogP contribution in [0.5, 0.6) is 0 Å². The number of nitrogens with one attached hydrogen (secondary N) is 1. The minimum atomic E-state index is -3.49. The van der Waals surface area contributed by atoms with E-state index in [1.165, 1.54) is 6.26 Å². The van der Waals surface area contributed by atoms with Crippen LogP contribution >= 0.6 is 0 Å². The van der Waals surface area contributed by atoms with Crippen molar-refractivity contribution in [2.45, 2.75) is 63.2 Å². The quantitative estimate of drug-likeness (QED) is 0.511. The minimum absolute atomic E-state index is 0.0709. The predicted octanol–water partition coefficient (Wildman–Crippen LogP) is 4.44. The second-order valence-electron chi connectivity index (χ2n) is 10.1. The summed E-state index contributed by atoms with van der Waals surface area (Å²) >= 11 is 0. The maximum atomic E-state index is 12.8. The Morgan fingerprint density at radius 3 is 2.78 bits per heavy atom. The van der Waals surface area contributed by atoms with Crippen LogP contribution in [0.2, 0.25) is 0 Å². The number of aliphatic imine (C=N–C) groups is 1. The van der Waals surface area contributed by atoms with Crippen molar-refractivity contribution >= 4 is 32.6 Å². The fourth-order valence-corrected chi connectivity index (χ4v) is 6.15. The molecule has 1 N–H and O–H groups in total. The van der Waals surface area contributed by atoms with E-state index in [1.807, 2.05) is 29.8 Å². The van der Waals surface area contributed by atoms with E-state index in [9.17, 15) is 8.42 Å². The van der Waals surface area contributed by atoms with E-state index >= 15 is 0 Å². The lowest BCUT2D eigenvalue weighted by atomic mass is 10.0. The van der Waals surface area contributed by atoms with Crippen molar-refractivity contribution in [2.24, 2.45) is 4.99 Å². The third kappa shape index (κ3) is 5.05. The number of anilines is 2. The van der Waals surface area contributed by atoms with Gasteiger partial charge in [-0.3, -0.25) is 14.7 Å². The first-order valence-corrected chi connectivity index (χ1v) is 14.7. The highest BCUT2D eigenvalue weighted by Crippen LogP contribution is 2.39. The van der Waals surface area contributed by atoms with Crippen molar-refractivity contribution in [3.05, 3.63) is 58.7 Å². The van der Waals surface area contributed by atoms with Gasteiger partial charge in [-0.15, -0.1) is 0 Å². The fourth-order valence-electron chi connectivity index (χ4n) is 5.28. The molecule has 3 aliphatic heterocycles. The topological polar surface area (TPSA) is 108 Å². The molecular formula is C27H31N5O4S. The molecule has 10 heteroatoms. The molecule has 194 valence electrons. The molecule has 0 aliphatic carbocycles. The van der Waals surface area contributed by atoms with E-state index in [0.29, 0.717) is 38.3 Å². The Bertz CT molecular complexity index is 1470. The first-order valence-electron chi connectivity index (χ1n) is 12.8. The van der Waals surface area contributed by atoms with Gasteiger partial charge in [-0.25, -0.2) is 8.42 Å². The molecule has 2 aromatic heterocycles. The molecule has 1 aromatic carbocycles. The Morgan fingerprint density at radius 2 is 2.00 bits per heavy atom. The van der Waals surface area contributed by atoms with Crippen LogP contribution in [0.4, 0.5) is 17.1 Å². The summed E-state index contributed by atoms with van der Waals surface area (Å²) in [6.45, 7) is 4.68. The Kier molecular flexibility index (Phi) is 6.34. The third-order valence-corrected chi connectivity index (χ3v) is 8.18. The number of pyridine rings is 1. The Morgan fingerprint density at radius 1 is 1.11 bits per heavy atom. The van der Waals surface area contributed by atoms with E-state index < -0.39 is 9.84 Å². The average molecular weight is 522 g/mol. The van der Waals surface area contributed by atoms with Crippen LogP contribution in [0.1, 0.15) is 60.6 Å². The number of hydrogen-bond donors (Lipinski definition) is 1. The molecule has 9 nitrogen and oxygen atoms in total. The highest BCUT2D eigenvalue weighted by Gasteiger charge is 2.24. The summed E-state index contributed by atoms with van der Waals surface area (Å²) in [6, 6.07) is 9.58. The summed E-state index contributed by atoms with van der Waals surface area (Å²) in [5.74, 6) is 0. The number of aromatic nitrogens is 3. The van der Waals surface area contributed by atoms with Gasteiger partial charge in [0.25, 0.3) is 0 Å². The van der Waals surface area contributed by atoms with Crippen LogP contribution < -0.4 is 5.32 Å². The standard InChI is InChI=1S/C27H31N5O4S/c1-17-11-23-27(28-17)24(15-19(29-23)13-20-14-21-16-35-10-8-32(21)31-20)30-22-7-6-18(12-26(22)37(2,33)34)25-5-3-4-9-36-25/h6-7,12,14-15,25H,3-5,8-11,13,16H2,1-2H3,(H,29,30)/t25-/m0/s1. The number of ether oxygens (including phenoxy) is 2. The van der Waals surface area contributed by atoms with Crippen LogP contribution in [-0.4, -0.2) is 48.4 Å². The molecule has 0 unspecified atom stereocenters. The van der Waals surface area contributed by atoms with Crippen LogP contribution in [0, 0.1) is 0 Å². The SMILES string of the molecule is CC1=Nc2c(Nc3ccc([C@@H]4CCCCO4)cc3S(C)(=O)=O)cc(Cc3cc4n(n3)CCOC4)nc2C1. The minimum Gasteiger partial charge on any atom is -0.374 e. The molecule has 0 spiro atoms. The highest BCUT2D eigenvalue weighted by atomic mass is 32.2. The molecule has 0 radical (unpaired) electrons. The lowest BCUT2D eigenvalue weighted by Crippen LogP contribution is -2.16. The number of sulfone groups is 1. The molecular weight excluding hydrogens is 490 g/mol. The van der Waals surface area contributed by atoms with Gasteiger partial charge >= 0.3 is 0 Å². The van der Waals surface area contributed by atoms with Crippen LogP contribution in [0.15, 0.2) is 40.2 Å². The van der Waals surface area contributed by atoms with Gasteiger partial charge in [0.2, 0.25) is 0 Å². The maximum Gasteiger partial charge on any atom is 0.177 e. The summed E-state index contributed by atoms with van der Waals surface area (Å²) in [4.78, 5) is 9.86. The molecule has 1 atom stereocenters. The van der Waals surface area contributed by atoms with E-state index in [0.717, 1.165) is 71.2 Å². The van der Waals surface area contributed by atoms with Crippen LogP contribution in [0.25, 0.3) is 0 Å². The monoisotopic (exact) mass is 521 g/mol. The first kappa shape index (κ1) is 24.3. The van der Waals surface area contributed by atoms with Crippen LogP contribution in [0.3, 0.4) is 0 Å². The number of nitrogens with zero attached hydrogens (tertiary/aromatic N) is 4. The molecule has 3 aliphatic rings. The molecule has 0 amide bonds. The third-order valence-electron chi connectivity index (χ3n) is 7.04. The molecule has 37 heavy (non-hydrogen) atoms. The van der Waals surface area contributed by atoms with E-state index in [2.05, 4.69) is 11.4 Å². The normalized spacial score (nSPS) is 19.3. The van der Waals surface area contributed by atoms with Gasteiger partial charge in [0.05, 0.1) is 59.2 Å². The zero-order valence-corrected chi connectivity index (χ0v) is 22.0. The zero-order valence-electron chi connectivity index (χ0n) is 21.2. The van der Waals surface area contributed by atoms with Crippen molar-refractivity contribution in [3.63, 3.8) is 0 Å². The summed E-state index contributed by atoms with van der Waals surface area (Å²) in [7, 11) is -3.49. The Hall–Kier alpha value is -3.08. The highest BCUT2D eigenvalue weighted by molar-refractivity contribution is 7.90. The average Bonchev–Trinajstić information content (AvgIpc) is 3.46. The van der Waals surface area contributed by atoms with E-state index in [-0.39, 0.29) is 11.0 Å². The zero-order chi connectivity index (χ0) is 25.6. The fraction of sp³-hybridized carbons (Fsp3) is 0.444. The van der Waals surface area contributed by atoms with Crippen LogP contribution in [-0.2, 0) is 45.3 Å². The van der Waals surface area contributed by atoms with Gasteiger partial charge in [-0.05, 0) is 56.0 Å². The molecule has 0 bridgehead atoms. The van der Waals surface area contributed by atoms with Gasteiger partial charge in [0.15, 0.2) is 9.84 Å². The van der Waals surface area contributed by atoms with Crippen molar-refractivity contribution in [3.8, 4) is 0 Å². The lowest BCUT2D eigenvalue weighted by Gasteiger charge is -2.24. The first-order chi connectivity index (χ1) is 17.8. The molecule has 3 aromatic rings. The van der Waals surface area contributed by atoms with Gasteiger partial charge in [0.1, 0.15) is 5.69 Å². The van der Waals surface area contributed by atoms with Gasteiger partial charge in [-0.1, -0.05) is 6.07 Å². The number of rotatable bonds is 6. The second-order valence-corrected chi connectivity index (χ2v) is 12.1. The van der Waals surface area contributed by atoms with Crippen molar-refractivity contribution in [2.75, 3.05) is 24.8 Å². The lowest BCUT2D eigenvalue weighted by molar-refractivity contribution is 0.0148. The smallest absolute Gasteiger partial charge is 0.177 e. The summed E-state index contributed by atoms with van der Waals surface area (Å²) in [5, 5.41) is 8.12. The van der Waals surface area contributed by atoms with E-state index in [1.54, 1.807) is 6.07 Å². The predicted molar refractivity (Wildman–Crippen MR) is 141 cm³/mol. The van der Waals surface area contributed by atoms with Crippen molar-refractivity contribution < 1.29 is 17.9 Å². The second kappa shape index (κ2) is 9.66. The summed E-state index contributed by atoms with van der Waals surface area (Å²) in [5.41, 5.74) is 7.65. The van der Waals surface area contributed by atoms with E-state index in [4.69, 9.17) is 24.5 Å². The Labute approximate surface area is 216 Å². The largest absolute Gasteiger partial charge is 0.374 e. The summed E-state index contributed by atoms with van der Waals surface area (Å²) < 4.78 is 39.1. The molecule has 6 rings (SSSR count). The molecule has 1 saturated heterocycles. The molecule has 1 fully saturated rings. The van der Waals surface area contributed by atoms with Gasteiger partial charge < -0.3 is 14.8 Å². The number of hydrogen-bond acceptors (Lipinski definition) is 8. The van der Waals surface area contributed by atoms with Gasteiger partial charge in [0, 0.05) is 37.1 Å². The van der Waals surface area contributed by atoms with Crippen molar-refractivity contribution in [1.29, 1.82) is 0 Å². The van der Waals surface area contributed by atoms with Gasteiger partial charge in [-0.2, -0.15) is 5.10 Å². The number of benzene rings is 1. The summed E-state index contributed by atoms with van der Waals surface area (Å²) in [6.07, 6.45) is 5.43. The molecule has 5 heterocycles. The van der Waals surface area contributed by atoms with Crippen molar-refractivity contribution in [1.82, 2.24) is 14.8 Å². The number of fused-ring (bicyclic) bond motifs is 2. The maximum absolute atomic E-state index is 12.8. The Balaban J connectivity index is 1.35.